The molecule has 0 amide bonds. The van der Waals surface area contributed by atoms with E-state index in [4.69, 9.17) is 27.6 Å². The van der Waals surface area contributed by atoms with Gasteiger partial charge in [-0.2, -0.15) is 0 Å². The predicted molar refractivity (Wildman–Crippen MR) is 44.2 cm³/mol. The molecule has 0 aromatic carbocycles. The smallest absolute Gasteiger partial charge is 0.143 e. The number of fused-ring (bicyclic) bond motifs is 1. The highest BCUT2D eigenvalue weighted by atomic mass is 35.5. The molecule has 1 radical (unpaired) electrons. The average molecular weight is 186 g/mol. The van der Waals surface area contributed by atoms with Gasteiger partial charge in [-0.3, -0.25) is 0 Å². The first-order valence-electron chi connectivity index (χ1n) is 3.01. The summed E-state index contributed by atoms with van der Waals surface area (Å²) in [6, 6.07) is 6.36. The Hall–Kier alpha value is -0.660. The minimum atomic E-state index is 0.547. The average Bonchev–Trinajstić information content (AvgIpc) is 2.27. The molecule has 2 aliphatic rings. The minimum Gasteiger partial charge on any atom is -0.462 e. The van der Waals surface area contributed by atoms with Crippen LogP contribution in [0, 0.1) is 6.07 Å². The fourth-order valence-corrected chi connectivity index (χ4v) is 1.29. The van der Waals surface area contributed by atoms with Crippen molar-refractivity contribution in [2.75, 3.05) is 0 Å². The van der Waals surface area contributed by atoms with E-state index in [0.29, 0.717) is 15.8 Å². The Morgan fingerprint density at radius 2 is 2.09 bits per heavy atom. The van der Waals surface area contributed by atoms with Crippen molar-refractivity contribution in [3.8, 4) is 11.3 Å². The highest BCUT2D eigenvalue weighted by molar-refractivity contribution is 6.32. The second-order valence-electron chi connectivity index (χ2n) is 2.17. The molecule has 55 valence electrons. The molecule has 3 heteroatoms. The first kappa shape index (κ1) is 7.01. The maximum atomic E-state index is 5.68. The summed E-state index contributed by atoms with van der Waals surface area (Å²) in [6.07, 6.45) is 1.46. The molecule has 0 bridgehead atoms. The Morgan fingerprint density at radius 1 is 1.27 bits per heavy atom. The Kier molecular flexibility index (Phi) is 1.55. The van der Waals surface area contributed by atoms with Crippen LogP contribution in [-0.2, 0) is 0 Å². The van der Waals surface area contributed by atoms with Crippen LogP contribution in [0.15, 0.2) is 22.8 Å². The molecule has 0 atom stereocenters. The van der Waals surface area contributed by atoms with Crippen molar-refractivity contribution in [2.24, 2.45) is 0 Å². The summed E-state index contributed by atoms with van der Waals surface area (Å²) in [5.74, 6) is 0.638. The molecule has 1 heterocycles. The van der Waals surface area contributed by atoms with Crippen LogP contribution in [0.25, 0.3) is 11.3 Å². The van der Waals surface area contributed by atoms with Crippen molar-refractivity contribution in [3.05, 3.63) is 34.5 Å². The van der Waals surface area contributed by atoms with Gasteiger partial charge < -0.3 is 4.42 Å². The molecule has 0 N–H and O–H groups in total. The van der Waals surface area contributed by atoms with Crippen LogP contribution < -0.4 is 0 Å². The Balaban J connectivity index is 2.73. The Labute approximate surface area is 73.9 Å². The largest absolute Gasteiger partial charge is 0.462 e. The molecule has 1 aliphatic carbocycles. The molecule has 1 aliphatic heterocycles. The maximum absolute atomic E-state index is 5.68. The zero-order chi connectivity index (χ0) is 7.84. The van der Waals surface area contributed by atoms with Gasteiger partial charge in [-0.15, -0.1) is 0 Å². The van der Waals surface area contributed by atoms with E-state index in [1.54, 1.807) is 12.1 Å². The van der Waals surface area contributed by atoms with E-state index in [1.165, 1.54) is 6.26 Å². The third-order valence-electron chi connectivity index (χ3n) is 1.36. The Bertz CT molecular complexity index is 353. The van der Waals surface area contributed by atoms with Crippen molar-refractivity contribution in [1.29, 1.82) is 0 Å². The molecular formula is C8H3Cl2O. The minimum absolute atomic E-state index is 0.547. The van der Waals surface area contributed by atoms with Crippen LogP contribution in [0.1, 0.15) is 0 Å². The van der Waals surface area contributed by atoms with Gasteiger partial charge in [-0.25, -0.2) is 0 Å². The number of rotatable bonds is 0. The van der Waals surface area contributed by atoms with E-state index in [9.17, 15) is 0 Å². The summed E-state index contributed by atoms with van der Waals surface area (Å²) in [5.41, 5.74) is 0.877. The van der Waals surface area contributed by atoms with Crippen molar-refractivity contribution in [2.45, 2.75) is 0 Å². The quantitative estimate of drug-likeness (QED) is 0.613. The second-order valence-corrected chi connectivity index (χ2v) is 3.01. The lowest BCUT2D eigenvalue weighted by Gasteiger charge is -1.95. The van der Waals surface area contributed by atoms with Crippen molar-refractivity contribution >= 4 is 23.2 Å². The highest BCUT2D eigenvalue weighted by Crippen LogP contribution is 2.30. The summed E-state index contributed by atoms with van der Waals surface area (Å²) in [5, 5.41) is 1.11. The van der Waals surface area contributed by atoms with Crippen LogP contribution >= 0.6 is 23.2 Å². The summed E-state index contributed by atoms with van der Waals surface area (Å²) in [6.45, 7) is 0. The molecular weight excluding hydrogens is 183 g/mol. The highest BCUT2D eigenvalue weighted by Gasteiger charge is 2.08. The fraction of sp³-hybridized carbons (Fsp3) is 0. The van der Waals surface area contributed by atoms with Gasteiger partial charge in [0.15, 0.2) is 0 Å². The van der Waals surface area contributed by atoms with Crippen LogP contribution in [0.4, 0.5) is 0 Å². The number of hydrogen-bond acceptors (Lipinski definition) is 1. The summed E-state index contributed by atoms with van der Waals surface area (Å²) >= 11 is 11.4. The summed E-state index contributed by atoms with van der Waals surface area (Å²) in [4.78, 5) is 0. The molecule has 1 nitrogen and oxygen atoms in total. The van der Waals surface area contributed by atoms with Gasteiger partial charge in [0.05, 0.1) is 10.0 Å². The van der Waals surface area contributed by atoms with E-state index >= 15 is 0 Å². The van der Waals surface area contributed by atoms with Crippen molar-refractivity contribution < 1.29 is 4.42 Å². The number of hydrogen-bond donors (Lipinski definition) is 0. The standard InChI is InChI=1S/C8H3Cl2O/c9-6-1-5-2-7(10)4-11-8(5)3-6/h1-2,4H. The Morgan fingerprint density at radius 3 is 2.91 bits per heavy atom. The number of halogens is 2. The van der Waals surface area contributed by atoms with Crippen LogP contribution in [0.2, 0.25) is 10.0 Å². The molecule has 2 rings (SSSR count). The van der Waals surface area contributed by atoms with Crippen LogP contribution in [-0.4, -0.2) is 0 Å². The normalized spacial score (nSPS) is 10.7. The zero-order valence-corrected chi connectivity index (χ0v) is 6.91. The summed E-state index contributed by atoms with van der Waals surface area (Å²) in [7, 11) is 0. The molecule has 11 heavy (non-hydrogen) atoms. The molecule has 0 unspecified atom stereocenters. The monoisotopic (exact) mass is 185 g/mol. The van der Waals surface area contributed by atoms with Gasteiger partial charge in [0.2, 0.25) is 0 Å². The first-order valence-corrected chi connectivity index (χ1v) is 3.77. The first-order chi connectivity index (χ1) is 5.25. The van der Waals surface area contributed by atoms with Crippen LogP contribution in [0.3, 0.4) is 0 Å². The molecule has 0 saturated carbocycles. The van der Waals surface area contributed by atoms with E-state index in [1.807, 2.05) is 0 Å². The fourth-order valence-electron chi connectivity index (χ4n) is 0.921. The van der Waals surface area contributed by atoms with Gasteiger partial charge in [0.25, 0.3) is 0 Å². The molecule has 0 saturated heterocycles. The molecule has 0 spiro atoms. The summed E-state index contributed by atoms with van der Waals surface area (Å²) < 4.78 is 5.09. The molecule has 0 aromatic rings. The van der Waals surface area contributed by atoms with Gasteiger partial charge in [-0.05, 0) is 12.1 Å². The van der Waals surface area contributed by atoms with Gasteiger partial charge in [-0.1, -0.05) is 23.2 Å². The lowest BCUT2D eigenvalue weighted by molar-refractivity contribution is 0.566. The van der Waals surface area contributed by atoms with Gasteiger partial charge in [0.1, 0.15) is 12.0 Å². The van der Waals surface area contributed by atoms with E-state index in [0.717, 1.165) is 5.56 Å². The SMILES string of the molecule is Clc1[c]c2occ(Cl)cc-2c1. The third kappa shape index (κ3) is 1.22. The predicted octanol–water partition coefficient (Wildman–Crippen LogP) is 3.49. The topological polar surface area (TPSA) is 13.1 Å². The van der Waals surface area contributed by atoms with E-state index in [2.05, 4.69) is 6.07 Å². The van der Waals surface area contributed by atoms with Crippen LogP contribution in [0.5, 0.6) is 0 Å². The molecule has 0 aromatic heterocycles. The zero-order valence-electron chi connectivity index (χ0n) is 5.40. The molecule has 0 fully saturated rings. The van der Waals surface area contributed by atoms with Crippen molar-refractivity contribution in [1.82, 2.24) is 0 Å². The lowest BCUT2D eigenvalue weighted by Crippen LogP contribution is -1.70. The van der Waals surface area contributed by atoms with Crippen molar-refractivity contribution in [3.63, 3.8) is 0 Å². The van der Waals surface area contributed by atoms with E-state index in [-0.39, 0.29) is 0 Å². The van der Waals surface area contributed by atoms with Gasteiger partial charge >= 0.3 is 0 Å². The second kappa shape index (κ2) is 2.43. The van der Waals surface area contributed by atoms with Gasteiger partial charge in [0, 0.05) is 11.6 Å². The third-order valence-corrected chi connectivity index (χ3v) is 1.76. The maximum Gasteiger partial charge on any atom is 0.143 e. The lowest BCUT2D eigenvalue weighted by atomic mass is 10.3. The van der Waals surface area contributed by atoms with E-state index < -0.39 is 0 Å².